The third-order valence-corrected chi connectivity index (χ3v) is 11.4. The van der Waals surface area contributed by atoms with Crippen LogP contribution in [-0.2, 0) is 14.4 Å². The van der Waals surface area contributed by atoms with E-state index in [4.69, 9.17) is 14.6 Å². The molecule has 14 nitrogen and oxygen atoms in total. The second-order valence-electron chi connectivity index (χ2n) is 16.3. The van der Waals surface area contributed by atoms with Gasteiger partial charge in [0.2, 0.25) is 5.91 Å². The van der Waals surface area contributed by atoms with E-state index in [9.17, 15) is 29.1 Å². The van der Waals surface area contributed by atoms with Crippen LogP contribution in [0.2, 0.25) is 0 Å². The van der Waals surface area contributed by atoms with Crippen molar-refractivity contribution in [2.24, 2.45) is 5.92 Å². The molecule has 1 aliphatic rings. The molecule has 1 heterocycles. The summed E-state index contributed by atoms with van der Waals surface area (Å²) in [6.45, 7) is 8.73. The van der Waals surface area contributed by atoms with Crippen LogP contribution in [0.1, 0.15) is 124 Å². The monoisotopic (exact) mass is 830 g/mol. The Morgan fingerprint density at radius 2 is 1.48 bits per heavy atom. The van der Waals surface area contributed by atoms with E-state index in [0.29, 0.717) is 59.9 Å². The molecule has 1 atom stereocenters. The van der Waals surface area contributed by atoms with Gasteiger partial charge < -0.3 is 34.6 Å². The number of ketones is 1. The second kappa shape index (κ2) is 22.9. The maximum Gasteiger partial charge on any atom is 0.326 e. The number of hydrogen-bond donors (Lipinski definition) is 2. The summed E-state index contributed by atoms with van der Waals surface area (Å²) in [4.78, 5) is 69.9. The average Bonchev–Trinajstić information content (AvgIpc) is 3.69. The van der Waals surface area contributed by atoms with E-state index in [1.165, 1.54) is 0 Å². The fourth-order valence-electron chi connectivity index (χ4n) is 7.92. The number of nitrogens with zero attached hydrogens (tertiary/aromatic N) is 5. The number of carboxylic acids is 1. The van der Waals surface area contributed by atoms with Gasteiger partial charge in [0.15, 0.2) is 5.69 Å². The fraction of sp³-hybridized carbons (Fsp3) is 0.565. The van der Waals surface area contributed by atoms with Crippen LogP contribution < -0.4 is 14.8 Å². The topological polar surface area (TPSA) is 164 Å². The first-order valence-corrected chi connectivity index (χ1v) is 21.4. The number of aromatic nitrogens is 2. The van der Waals surface area contributed by atoms with Gasteiger partial charge in [0.05, 0.1) is 31.2 Å². The Bertz CT molecular complexity index is 1910. The molecule has 0 spiro atoms. The molecule has 1 aromatic heterocycles. The van der Waals surface area contributed by atoms with Gasteiger partial charge in [0.25, 0.3) is 11.8 Å². The third-order valence-electron chi connectivity index (χ3n) is 11.4. The van der Waals surface area contributed by atoms with Gasteiger partial charge in [0.1, 0.15) is 23.3 Å². The van der Waals surface area contributed by atoms with Gasteiger partial charge in [-0.15, -0.1) is 0 Å². The number of aliphatic carboxylic acids is 1. The summed E-state index contributed by atoms with van der Waals surface area (Å²) in [5.74, 6) is -0.896. The average molecular weight is 831 g/mol. The Balaban J connectivity index is 1.51. The van der Waals surface area contributed by atoms with Crippen molar-refractivity contribution in [3.05, 3.63) is 59.3 Å². The summed E-state index contributed by atoms with van der Waals surface area (Å²) >= 11 is 0. The predicted octanol–water partition coefficient (Wildman–Crippen LogP) is 6.84. The number of benzene rings is 2. The van der Waals surface area contributed by atoms with Gasteiger partial charge >= 0.3 is 5.97 Å². The molecular formula is C46H66N6O8. The van der Waals surface area contributed by atoms with Crippen LogP contribution in [0, 0.1) is 5.92 Å². The van der Waals surface area contributed by atoms with Crippen molar-refractivity contribution in [3.63, 3.8) is 0 Å². The number of carbonyl (C=O) groups excluding carboxylic acids is 4. The number of carboxylic acid groups (broad SMARTS) is 1. The molecule has 0 saturated heterocycles. The number of nitrogens with one attached hydrogen (secondary N) is 1. The second-order valence-corrected chi connectivity index (χ2v) is 16.3. The van der Waals surface area contributed by atoms with Crippen molar-refractivity contribution in [2.45, 2.75) is 103 Å². The van der Waals surface area contributed by atoms with Crippen LogP contribution in [0.15, 0.2) is 42.5 Å². The molecule has 1 saturated carbocycles. The molecule has 2 N–H and O–H groups in total. The van der Waals surface area contributed by atoms with Crippen molar-refractivity contribution in [1.29, 1.82) is 0 Å². The summed E-state index contributed by atoms with van der Waals surface area (Å²) in [6, 6.07) is 11.4. The van der Waals surface area contributed by atoms with E-state index in [2.05, 4.69) is 10.2 Å². The minimum absolute atomic E-state index is 0.00880. The Hall–Kier alpha value is -5.24. The van der Waals surface area contributed by atoms with E-state index in [1.807, 2.05) is 40.0 Å². The molecule has 14 heteroatoms. The van der Waals surface area contributed by atoms with E-state index in [-0.39, 0.29) is 41.5 Å². The Kier molecular flexibility index (Phi) is 18.1. The lowest BCUT2D eigenvalue weighted by Gasteiger charge is -2.27. The number of ether oxygens (including phenoxy) is 2. The van der Waals surface area contributed by atoms with Gasteiger partial charge in [-0.2, -0.15) is 5.10 Å². The first kappa shape index (κ1) is 47.4. The highest BCUT2D eigenvalue weighted by atomic mass is 16.5. The van der Waals surface area contributed by atoms with Crippen LogP contribution in [0.3, 0.4) is 0 Å². The molecule has 4 rings (SSSR count). The van der Waals surface area contributed by atoms with Crippen molar-refractivity contribution >= 4 is 29.5 Å². The standard InChI is InChI=1S/C46H66N6O8/c1-9-16-34(53)22-24-41(54)50(5)27-14-25-49(4)26-15-28-51(6)45(56)33-21-23-37(35(29-33)31(2)3)52-38(42-39(59-7)19-13-20-40(42)60-8)30-36(48-52)44(55)47-43(46(57)58)32-17-11-10-12-18-32/h13,19-21,23,29-32,43H,9-12,14-18,22,24-28H2,1-8H3,(H,47,55)(H,57,58)/t43-/m0/s1. The molecular weight excluding hydrogens is 765 g/mol. The van der Waals surface area contributed by atoms with Crippen molar-refractivity contribution < 1.29 is 38.6 Å². The molecule has 2 aromatic carbocycles. The summed E-state index contributed by atoms with van der Waals surface area (Å²) in [5.41, 5.74) is 3.08. The van der Waals surface area contributed by atoms with E-state index in [1.54, 1.807) is 73.1 Å². The molecule has 1 fully saturated rings. The molecule has 0 radical (unpaired) electrons. The first-order valence-electron chi connectivity index (χ1n) is 21.4. The van der Waals surface area contributed by atoms with Crippen molar-refractivity contribution in [1.82, 2.24) is 29.8 Å². The van der Waals surface area contributed by atoms with Gasteiger partial charge in [-0.05, 0) is 106 Å². The Morgan fingerprint density at radius 3 is 2.07 bits per heavy atom. The molecule has 60 heavy (non-hydrogen) atoms. The predicted molar refractivity (Wildman–Crippen MR) is 232 cm³/mol. The Morgan fingerprint density at radius 1 is 0.850 bits per heavy atom. The van der Waals surface area contributed by atoms with E-state index >= 15 is 0 Å². The molecule has 0 bridgehead atoms. The lowest BCUT2D eigenvalue weighted by molar-refractivity contribution is -0.141. The Labute approximate surface area is 355 Å². The lowest BCUT2D eigenvalue weighted by Crippen LogP contribution is -2.46. The number of carbonyl (C=O) groups is 5. The SMILES string of the molecule is CCCC(=O)CCC(=O)N(C)CCCN(C)CCCN(C)C(=O)c1ccc(-n2nc(C(=O)N[C@H](C(=O)O)C3CCCCC3)cc2-c2c(OC)cccc2OC)c(C(C)C)c1. The minimum Gasteiger partial charge on any atom is -0.496 e. The van der Waals surface area contributed by atoms with Gasteiger partial charge in [-0.1, -0.05) is 46.1 Å². The normalized spacial score (nSPS) is 13.6. The maximum atomic E-state index is 13.9. The largest absolute Gasteiger partial charge is 0.496 e. The highest BCUT2D eigenvalue weighted by molar-refractivity contribution is 5.97. The van der Waals surface area contributed by atoms with Crippen molar-refractivity contribution in [2.75, 3.05) is 61.5 Å². The van der Waals surface area contributed by atoms with Crippen molar-refractivity contribution in [3.8, 4) is 28.4 Å². The van der Waals surface area contributed by atoms with Crippen LogP contribution in [0.25, 0.3) is 16.9 Å². The number of methoxy groups -OCH3 is 2. The zero-order valence-electron chi connectivity index (χ0n) is 36.9. The molecule has 328 valence electrons. The summed E-state index contributed by atoms with van der Waals surface area (Å²) in [6.07, 6.45) is 7.81. The highest BCUT2D eigenvalue weighted by Gasteiger charge is 2.33. The fourth-order valence-corrected chi connectivity index (χ4v) is 7.92. The summed E-state index contributed by atoms with van der Waals surface area (Å²) in [7, 11) is 8.70. The third kappa shape index (κ3) is 12.6. The van der Waals surface area contributed by atoms with Gasteiger partial charge in [0, 0.05) is 52.0 Å². The van der Waals surface area contributed by atoms with Gasteiger partial charge in [-0.25, -0.2) is 9.48 Å². The molecule has 3 amide bonds. The molecule has 3 aromatic rings. The zero-order valence-corrected chi connectivity index (χ0v) is 36.9. The number of rotatable bonds is 23. The molecule has 0 unspecified atom stereocenters. The van der Waals surface area contributed by atoms with Crippen LogP contribution in [-0.4, -0.2) is 127 Å². The summed E-state index contributed by atoms with van der Waals surface area (Å²) in [5, 5.41) is 17.7. The first-order chi connectivity index (χ1) is 28.7. The number of amides is 3. The van der Waals surface area contributed by atoms with E-state index in [0.717, 1.165) is 70.0 Å². The van der Waals surface area contributed by atoms with Crippen LogP contribution >= 0.6 is 0 Å². The minimum atomic E-state index is -1.07. The van der Waals surface area contributed by atoms with E-state index < -0.39 is 17.9 Å². The summed E-state index contributed by atoms with van der Waals surface area (Å²) < 4.78 is 13.2. The maximum absolute atomic E-state index is 13.9. The zero-order chi connectivity index (χ0) is 43.9. The molecule has 1 aliphatic carbocycles. The smallest absolute Gasteiger partial charge is 0.326 e. The van der Waals surface area contributed by atoms with Crippen LogP contribution in [0.5, 0.6) is 11.5 Å². The molecule has 0 aliphatic heterocycles. The van der Waals surface area contributed by atoms with Crippen LogP contribution in [0.4, 0.5) is 0 Å². The quantitative estimate of drug-likeness (QED) is 0.104. The van der Waals surface area contributed by atoms with Gasteiger partial charge in [-0.3, -0.25) is 19.2 Å². The number of hydrogen-bond acceptors (Lipinski definition) is 9. The highest BCUT2D eigenvalue weighted by Crippen LogP contribution is 2.40. The number of Topliss-reactive ketones (excluding diaryl/α,β-unsaturated/α-hetero) is 1. The lowest BCUT2D eigenvalue weighted by atomic mass is 9.84.